The average Bonchev–Trinajstić information content (AvgIpc) is 2.98. The number of benzene rings is 1. The van der Waals surface area contributed by atoms with Crippen LogP contribution in [0.2, 0.25) is 5.02 Å². The van der Waals surface area contributed by atoms with Gasteiger partial charge in [-0.05, 0) is 51.8 Å². The van der Waals surface area contributed by atoms with E-state index in [2.05, 4.69) is 0 Å². The summed E-state index contributed by atoms with van der Waals surface area (Å²) in [6.07, 6.45) is 0.711. The second-order valence-corrected chi connectivity index (χ2v) is 9.68. The van der Waals surface area contributed by atoms with E-state index in [4.69, 9.17) is 21.3 Å². The molecule has 8 heteroatoms. The average molecular weight is 474 g/mol. The molecule has 0 aliphatic rings. The van der Waals surface area contributed by atoms with Gasteiger partial charge in [0.25, 0.3) is 5.56 Å². The summed E-state index contributed by atoms with van der Waals surface area (Å²) in [6, 6.07) is 7.35. The van der Waals surface area contributed by atoms with Gasteiger partial charge in [-0.25, -0.2) is 4.98 Å². The molecule has 0 aliphatic heterocycles. The molecule has 0 aliphatic carbocycles. The SMILES string of the molecule is CCc1nc2c(c(OC(C)C)c(C(=O)CCC(C)(C)O)n2C)c(=O)n1Cc1cccc(Cl)c1. The van der Waals surface area contributed by atoms with Crippen molar-refractivity contribution in [3.05, 3.63) is 56.7 Å². The Morgan fingerprint density at radius 1 is 1.30 bits per heavy atom. The van der Waals surface area contributed by atoms with Gasteiger partial charge in [0.05, 0.1) is 18.2 Å². The topological polar surface area (TPSA) is 86.3 Å². The fourth-order valence-electron chi connectivity index (χ4n) is 3.86. The van der Waals surface area contributed by atoms with Gasteiger partial charge in [0.1, 0.15) is 16.9 Å². The molecule has 0 unspecified atom stereocenters. The van der Waals surface area contributed by atoms with Crippen molar-refractivity contribution >= 4 is 28.4 Å². The van der Waals surface area contributed by atoms with E-state index >= 15 is 0 Å². The Kier molecular flexibility index (Phi) is 7.34. The van der Waals surface area contributed by atoms with Gasteiger partial charge in [-0.1, -0.05) is 30.7 Å². The fourth-order valence-corrected chi connectivity index (χ4v) is 4.07. The summed E-state index contributed by atoms with van der Waals surface area (Å²) in [5.41, 5.74) is 0.363. The maximum atomic E-state index is 13.8. The van der Waals surface area contributed by atoms with Crippen LogP contribution in [-0.2, 0) is 20.0 Å². The number of Topliss-reactive ketones (excluding diaryl/α,β-unsaturated/α-hetero) is 1. The number of rotatable bonds is 9. The third-order valence-corrected chi connectivity index (χ3v) is 5.69. The normalized spacial score (nSPS) is 12.0. The van der Waals surface area contributed by atoms with Crippen LogP contribution in [0.1, 0.15) is 69.3 Å². The first-order valence-electron chi connectivity index (χ1n) is 11.2. The van der Waals surface area contributed by atoms with E-state index < -0.39 is 5.60 Å². The highest BCUT2D eigenvalue weighted by atomic mass is 35.5. The first kappa shape index (κ1) is 25.0. The summed E-state index contributed by atoms with van der Waals surface area (Å²) in [6.45, 7) is 9.27. The van der Waals surface area contributed by atoms with Gasteiger partial charge in [0.15, 0.2) is 17.2 Å². The van der Waals surface area contributed by atoms with Crippen molar-refractivity contribution in [1.82, 2.24) is 14.1 Å². The molecule has 7 nitrogen and oxygen atoms in total. The van der Waals surface area contributed by atoms with Crippen LogP contribution in [-0.4, -0.2) is 36.7 Å². The Morgan fingerprint density at radius 3 is 2.58 bits per heavy atom. The second-order valence-electron chi connectivity index (χ2n) is 9.24. The lowest BCUT2D eigenvalue weighted by Gasteiger charge is -2.17. The van der Waals surface area contributed by atoms with Crippen molar-refractivity contribution in [2.45, 2.75) is 72.1 Å². The van der Waals surface area contributed by atoms with Crippen LogP contribution in [0.3, 0.4) is 0 Å². The zero-order valence-corrected chi connectivity index (χ0v) is 20.9. The zero-order valence-electron chi connectivity index (χ0n) is 20.1. The summed E-state index contributed by atoms with van der Waals surface area (Å²) in [4.78, 5) is 31.7. The third kappa shape index (κ3) is 5.47. The highest BCUT2D eigenvalue weighted by molar-refractivity contribution is 6.30. The molecular formula is C25H32ClN3O4. The monoisotopic (exact) mass is 473 g/mol. The van der Waals surface area contributed by atoms with Gasteiger partial charge in [0, 0.05) is 24.9 Å². The molecule has 0 amide bonds. The predicted molar refractivity (Wildman–Crippen MR) is 131 cm³/mol. The summed E-state index contributed by atoms with van der Waals surface area (Å²) >= 11 is 6.14. The van der Waals surface area contributed by atoms with Crippen LogP contribution < -0.4 is 10.3 Å². The van der Waals surface area contributed by atoms with E-state index in [9.17, 15) is 14.7 Å². The number of aryl methyl sites for hydroxylation is 2. The standard InChI is InChI=1S/C25H32ClN3O4/c1-7-19-27-23-20(24(31)29(19)14-16-9-8-10-17(26)13-16)22(33-15(2)3)21(28(23)6)18(30)11-12-25(4,5)32/h8-10,13,15,32H,7,11-12,14H2,1-6H3. The van der Waals surface area contributed by atoms with E-state index in [-0.39, 0.29) is 35.0 Å². The number of nitrogens with zero attached hydrogens (tertiary/aromatic N) is 3. The van der Waals surface area contributed by atoms with E-state index in [0.717, 1.165) is 5.56 Å². The molecule has 0 saturated heterocycles. The largest absolute Gasteiger partial charge is 0.488 e. The lowest BCUT2D eigenvalue weighted by Crippen LogP contribution is -2.26. The summed E-state index contributed by atoms with van der Waals surface area (Å²) in [5.74, 6) is 0.662. The Hall–Kier alpha value is -2.64. The van der Waals surface area contributed by atoms with Crippen molar-refractivity contribution in [3.63, 3.8) is 0 Å². The highest BCUT2D eigenvalue weighted by Gasteiger charge is 2.29. The smallest absolute Gasteiger partial charge is 0.267 e. The number of hydrogen-bond donors (Lipinski definition) is 1. The molecule has 1 aromatic carbocycles. The molecule has 33 heavy (non-hydrogen) atoms. The molecule has 0 atom stereocenters. The number of halogens is 1. The van der Waals surface area contributed by atoms with Gasteiger partial charge < -0.3 is 14.4 Å². The maximum absolute atomic E-state index is 13.8. The minimum absolute atomic E-state index is 0.124. The molecule has 1 N–H and O–H groups in total. The summed E-state index contributed by atoms with van der Waals surface area (Å²) < 4.78 is 9.29. The summed E-state index contributed by atoms with van der Waals surface area (Å²) in [5, 5.41) is 11.0. The number of ether oxygens (including phenoxy) is 1. The molecule has 2 aromatic heterocycles. The molecule has 3 aromatic rings. The van der Waals surface area contributed by atoms with Gasteiger partial charge in [-0.3, -0.25) is 14.2 Å². The lowest BCUT2D eigenvalue weighted by atomic mass is 10.00. The fraction of sp³-hybridized carbons (Fsp3) is 0.480. The Bertz CT molecular complexity index is 1240. The van der Waals surface area contributed by atoms with Crippen molar-refractivity contribution in [3.8, 4) is 5.75 Å². The predicted octanol–water partition coefficient (Wildman–Crippen LogP) is 4.52. The number of aromatic nitrogens is 3. The molecule has 0 saturated carbocycles. The van der Waals surface area contributed by atoms with Crippen molar-refractivity contribution < 1.29 is 14.6 Å². The van der Waals surface area contributed by atoms with Crippen molar-refractivity contribution in [2.24, 2.45) is 7.05 Å². The number of aliphatic hydroxyl groups is 1. The van der Waals surface area contributed by atoms with Gasteiger partial charge >= 0.3 is 0 Å². The van der Waals surface area contributed by atoms with Crippen LogP contribution in [0.25, 0.3) is 11.0 Å². The number of carbonyl (C=O) groups is 1. The van der Waals surface area contributed by atoms with Crippen molar-refractivity contribution in [1.29, 1.82) is 0 Å². The van der Waals surface area contributed by atoms with Gasteiger partial charge in [-0.15, -0.1) is 0 Å². The van der Waals surface area contributed by atoms with Crippen LogP contribution in [0, 0.1) is 0 Å². The second kappa shape index (κ2) is 9.69. The van der Waals surface area contributed by atoms with E-state index in [1.807, 2.05) is 39.0 Å². The van der Waals surface area contributed by atoms with E-state index in [1.165, 1.54) is 0 Å². The lowest BCUT2D eigenvalue weighted by molar-refractivity contribution is 0.0628. The van der Waals surface area contributed by atoms with Crippen molar-refractivity contribution in [2.75, 3.05) is 0 Å². The molecular weight excluding hydrogens is 442 g/mol. The first-order chi connectivity index (χ1) is 15.4. The minimum atomic E-state index is -0.976. The quantitative estimate of drug-likeness (QED) is 0.462. The Morgan fingerprint density at radius 2 is 2.00 bits per heavy atom. The maximum Gasteiger partial charge on any atom is 0.267 e. The molecule has 0 bridgehead atoms. The number of hydrogen-bond acceptors (Lipinski definition) is 5. The molecule has 178 valence electrons. The zero-order chi connectivity index (χ0) is 24.5. The summed E-state index contributed by atoms with van der Waals surface area (Å²) in [7, 11) is 1.72. The van der Waals surface area contributed by atoms with Crippen LogP contribution in [0.4, 0.5) is 0 Å². The third-order valence-electron chi connectivity index (χ3n) is 5.45. The Labute approximate surface area is 199 Å². The van der Waals surface area contributed by atoms with Gasteiger partial charge in [0.2, 0.25) is 0 Å². The molecule has 2 heterocycles. The van der Waals surface area contributed by atoms with E-state index in [0.29, 0.717) is 41.6 Å². The van der Waals surface area contributed by atoms with Gasteiger partial charge in [-0.2, -0.15) is 0 Å². The minimum Gasteiger partial charge on any atom is -0.488 e. The van der Waals surface area contributed by atoms with Crippen LogP contribution >= 0.6 is 11.6 Å². The highest BCUT2D eigenvalue weighted by Crippen LogP contribution is 2.32. The van der Waals surface area contributed by atoms with Crippen LogP contribution in [0.15, 0.2) is 29.1 Å². The molecule has 3 rings (SSSR count). The first-order valence-corrected chi connectivity index (χ1v) is 11.6. The molecule has 0 spiro atoms. The molecule has 0 fully saturated rings. The number of ketones is 1. The number of fused-ring (bicyclic) bond motifs is 1. The number of carbonyl (C=O) groups excluding carboxylic acids is 1. The van der Waals surface area contributed by atoms with E-state index in [1.54, 1.807) is 36.1 Å². The Balaban J connectivity index is 2.23. The van der Waals surface area contributed by atoms with Crippen LogP contribution in [0.5, 0.6) is 5.75 Å². The molecule has 0 radical (unpaired) electrons.